The second-order valence-electron chi connectivity index (χ2n) is 5.51. The lowest BCUT2D eigenvalue weighted by Gasteiger charge is -2.11. The highest BCUT2D eigenvalue weighted by atomic mass is 35.5. The minimum Gasteiger partial charge on any atom is -0.376 e. The lowest BCUT2D eigenvalue weighted by molar-refractivity contribution is -0.119. The molecule has 2 rings (SSSR count). The first-order chi connectivity index (χ1) is 11.3. The average molecular weight is 367 g/mol. The minimum absolute atomic E-state index is 0.0572. The third-order valence-electron chi connectivity index (χ3n) is 3.48. The maximum atomic E-state index is 11.9. The van der Waals surface area contributed by atoms with Crippen LogP contribution in [0.5, 0.6) is 0 Å². The van der Waals surface area contributed by atoms with Crippen molar-refractivity contribution in [1.82, 2.24) is 5.32 Å². The van der Waals surface area contributed by atoms with Gasteiger partial charge in [0.15, 0.2) is 9.84 Å². The van der Waals surface area contributed by atoms with Gasteiger partial charge in [-0.1, -0.05) is 29.8 Å². The molecule has 0 aromatic heterocycles. The fraction of sp³-hybridized carbons (Fsp3) is 0.235. The normalized spacial score (nSPS) is 11.1. The number of rotatable bonds is 6. The number of sulfone groups is 1. The standard InChI is InChI=1S/C17H19ClN2O3S/c1-12-3-8-15(24(2,22)23)9-16(12)19-11-17(21)20-10-13-4-6-14(18)7-5-13/h3-9,19H,10-11H2,1-2H3,(H,20,21). The second kappa shape index (κ2) is 7.68. The van der Waals surface area contributed by atoms with Crippen LogP contribution in [0.3, 0.4) is 0 Å². The zero-order valence-electron chi connectivity index (χ0n) is 13.5. The third-order valence-corrected chi connectivity index (χ3v) is 4.84. The number of amides is 1. The molecule has 0 fully saturated rings. The Labute approximate surface area is 147 Å². The van der Waals surface area contributed by atoms with E-state index in [4.69, 9.17) is 11.6 Å². The van der Waals surface area contributed by atoms with E-state index in [2.05, 4.69) is 10.6 Å². The quantitative estimate of drug-likeness (QED) is 0.824. The van der Waals surface area contributed by atoms with Crippen LogP contribution < -0.4 is 10.6 Å². The molecule has 5 nitrogen and oxygen atoms in total. The number of hydrogen-bond acceptors (Lipinski definition) is 4. The molecule has 0 atom stereocenters. The van der Waals surface area contributed by atoms with Crippen LogP contribution in [0.2, 0.25) is 5.02 Å². The van der Waals surface area contributed by atoms with Gasteiger partial charge in [-0.3, -0.25) is 4.79 Å². The van der Waals surface area contributed by atoms with Crippen molar-refractivity contribution in [2.24, 2.45) is 0 Å². The summed E-state index contributed by atoms with van der Waals surface area (Å²) in [5.74, 6) is -0.186. The summed E-state index contributed by atoms with van der Waals surface area (Å²) in [6.07, 6.45) is 1.15. The van der Waals surface area contributed by atoms with Crippen molar-refractivity contribution < 1.29 is 13.2 Å². The molecule has 0 heterocycles. The Morgan fingerprint density at radius 3 is 2.42 bits per heavy atom. The first kappa shape index (κ1) is 18.3. The van der Waals surface area contributed by atoms with Crippen LogP contribution in [-0.4, -0.2) is 27.1 Å². The minimum atomic E-state index is -3.28. The van der Waals surface area contributed by atoms with E-state index in [1.807, 2.05) is 19.1 Å². The predicted molar refractivity (Wildman–Crippen MR) is 96.1 cm³/mol. The van der Waals surface area contributed by atoms with E-state index in [9.17, 15) is 13.2 Å². The van der Waals surface area contributed by atoms with Gasteiger partial charge < -0.3 is 10.6 Å². The molecule has 0 radical (unpaired) electrons. The van der Waals surface area contributed by atoms with Gasteiger partial charge in [0, 0.05) is 23.5 Å². The molecule has 2 N–H and O–H groups in total. The second-order valence-corrected chi connectivity index (χ2v) is 7.96. The molecular weight excluding hydrogens is 348 g/mol. The summed E-state index contributed by atoms with van der Waals surface area (Å²) in [6, 6.07) is 12.0. The van der Waals surface area contributed by atoms with Crippen LogP contribution in [0.25, 0.3) is 0 Å². The number of carbonyl (C=O) groups is 1. The fourth-order valence-electron chi connectivity index (χ4n) is 2.06. The molecular formula is C17H19ClN2O3S. The summed E-state index contributed by atoms with van der Waals surface area (Å²) < 4.78 is 23.2. The largest absolute Gasteiger partial charge is 0.376 e. The number of benzene rings is 2. The summed E-state index contributed by atoms with van der Waals surface area (Å²) >= 11 is 5.81. The van der Waals surface area contributed by atoms with Crippen LogP contribution in [-0.2, 0) is 21.2 Å². The van der Waals surface area contributed by atoms with E-state index in [0.29, 0.717) is 17.3 Å². The van der Waals surface area contributed by atoms with Gasteiger partial charge in [-0.25, -0.2) is 8.42 Å². The van der Waals surface area contributed by atoms with Gasteiger partial charge in [0.25, 0.3) is 0 Å². The Hall–Kier alpha value is -2.05. The van der Waals surface area contributed by atoms with Gasteiger partial charge >= 0.3 is 0 Å². The molecule has 0 saturated heterocycles. The maximum absolute atomic E-state index is 11.9. The van der Waals surface area contributed by atoms with Gasteiger partial charge in [-0.05, 0) is 42.3 Å². The molecule has 0 aliphatic carbocycles. The lowest BCUT2D eigenvalue weighted by Crippen LogP contribution is -2.29. The van der Waals surface area contributed by atoms with E-state index in [1.165, 1.54) is 6.07 Å². The Balaban J connectivity index is 1.93. The van der Waals surface area contributed by atoms with Crippen molar-refractivity contribution in [2.45, 2.75) is 18.4 Å². The zero-order valence-corrected chi connectivity index (χ0v) is 15.0. The average Bonchev–Trinajstić information content (AvgIpc) is 2.52. The highest BCUT2D eigenvalue weighted by Gasteiger charge is 2.10. The summed E-state index contributed by atoms with van der Waals surface area (Å²) in [7, 11) is -3.28. The predicted octanol–water partition coefficient (Wildman–Crippen LogP) is 2.78. The number of hydrogen-bond donors (Lipinski definition) is 2. The fourth-order valence-corrected chi connectivity index (χ4v) is 2.84. The van der Waals surface area contributed by atoms with Crippen LogP contribution in [0.4, 0.5) is 5.69 Å². The SMILES string of the molecule is Cc1ccc(S(C)(=O)=O)cc1NCC(=O)NCc1ccc(Cl)cc1. The smallest absolute Gasteiger partial charge is 0.239 e. The molecule has 2 aromatic rings. The van der Waals surface area contributed by atoms with E-state index in [1.54, 1.807) is 24.3 Å². The van der Waals surface area contributed by atoms with Crippen LogP contribution in [0, 0.1) is 6.92 Å². The van der Waals surface area contributed by atoms with Gasteiger partial charge in [-0.2, -0.15) is 0 Å². The Kier molecular flexibility index (Phi) is 5.85. The summed E-state index contributed by atoms with van der Waals surface area (Å²) in [5, 5.41) is 6.41. The maximum Gasteiger partial charge on any atom is 0.239 e. The summed E-state index contributed by atoms with van der Waals surface area (Å²) in [5.41, 5.74) is 2.44. The molecule has 0 spiro atoms. The number of aryl methyl sites for hydroxylation is 1. The van der Waals surface area contributed by atoms with Gasteiger partial charge in [-0.15, -0.1) is 0 Å². The van der Waals surface area contributed by atoms with E-state index < -0.39 is 9.84 Å². The Morgan fingerprint density at radius 2 is 1.79 bits per heavy atom. The lowest BCUT2D eigenvalue weighted by atomic mass is 10.2. The molecule has 0 saturated carbocycles. The topological polar surface area (TPSA) is 75.3 Å². The van der Waals surface area contributed by atoms with Crippen LogP contribution in [0.15, 0.2) is 47.4 Å². The monoisotopic (exact) mass is 366 g/mol. The summed E-state index contributed by atoms with van der Waals surface area (Å²) in [6.45, 7) is 2.31. The van der Waals surface area contributed by atoms with Gasteiger partial charge in [0.05, 0.1) is 11.4 Å². The Bertz CT molecular complexity index is 833. The number of halogens is 1. The van der Waals surface area contributed by atoms with Crippen molar-refractivity contribution in [3.05, 3.63) is 58.6 Å². The highest BCUT2D eigenvalue weighted by molar-refractivity contribution is 7.90. The van der Waals surface area contributed by atoms with Crippen molar-refractivity contribution in [1.29, 1.82) is 0 Å². The number of nitrogens with one attached hydrogen (secondary N) is 2. The van der Waals surface area contributed by atoms with Crippen molar-refractivity contribution in [3.63, 3.8) is 0 Å². The molecule has 24 heavy (non-hydrogen) atoms. The number of carbonyl (C=O) groups excluding carboxylic acids is 1. The molecule has 2 aromatic carbocycles. The molecule has 0 bridgehead atoms. The molecule has 1 amide bonds. The summed E-state index contributed by atoms with van der Waals surface area (Å²) in [4.78, 5) is 12.2. The first-order valence-electron chi connectivity index (χ1n) is 7.31. The van der Waals surface area contributed by atoms with Crippen LogP contribution >= 0.6 is 11.6 Å². The van der Waals surface area contributed by atoms with E-state index >= 15 is 0 Å². The van der Waals surface area contributed by atoms with Crippen molar-refractivity contribution >= 4 is 33.0 Å². The zero-order chi connectivity index (χ0) is 17.7. The molecule has 7 heteroatoms. The van der Waals surface area contributed by atoms with E-state index in [0.717, 1.165) is 17.4 Å². The molecule has 0 aliphatic rings. The highest BCUT2D eigenvalue weighted by Crippen LogP contribution is 2.19. The van der Waals surface area contributed by atoms with Crippen molar-refractivity contribution in [3.8, 4) is 0 Å². The van der Waals surface area contributed by atoms with E-state index in [-0.39, 0.29) is 17.3 Å². The van der Waals surface area contributed by atoms with Crippen molar-refractivity contribution in [2.75, 3.05) is 18.1 Å². The van der Waals surface area contributed by atoms with Gasteiger partial charge in [0.2, 0.25) is 5.91 Å². The molecule has 128 valence electrons. The Morgan fingerprint density at radius 1 is 1.12 bits per heavy atom. The molecule has 0 unspecified atom stereocenters. The molecule has 0 aliphatic heterocycles. The van der Waals surface area contributed by atoms with Gasteiger partial charge in [0.1, 0.15) is 0 Å². The number of anilines is 1. The first-order valence-corrected chi connectivity index (χ1v) is 9.58. The van der Waals surface area contributed by atoms with Crippen LogP contribution in [0.1, 0.15) is 11.1 Å². The third kappa shape index (κ3) is 5.25.